The molecule has 2 N–H and O–H groups in total. The third-order valence-electron chi connectivity index (χ3n) is 6.27. The third kappa shape index (κ3) is 4.73. The van der Waals surface area contributed by atoms with Gasteiger partial charge < -0.3 is 9.84 Å². The molecule has 0 radical (unpaired) electrons. The zero-order chi connectivity index (χ0) is 25.3. The van der Waals surface area contributed by atoms with Crippen molar-refractivity contribution in [1.29, 1.82) is 0 Å². The standard InChI is InChI=1S/C28H22ClNO5S/c29-21-14-10-19(11-15-21)20-12-16-23(17-13-20)36(33,34)30-28(27(31)32)18-25(28)24-8-4-5-9-26(24)35-22-6-2-1-3-7-22/h1-17,25,30H,18H2,(H,31,32)/t25-,28+/m0/s1. The normalized spacial score (nSPS) is 19.0. The van der Waals surface area contributed by atoms with Crippen LogP contribution in [0.25, 0.3) is 11.1 Å². The van der Waals surface area contributed by atoms with E-state index in [0.717, 1.165) is 11.1 Å². The molecule has 0 bridgehead atoms. The molecule has 1 fully saturated rings. The molecule has 6 nitrogen and oxygen atoms in total. The van der Waals surface area contributed by atoms with Gasteiger partial charge in [-0.1, -0.05) is 72.3 Å². The fourth-order valence-corrected chi connectivity index (χ4v) is 5.81. The number of hydrogen-bond acceptors (Lipinski definition) is 4. The highest BCUT2D eigenvalue weighted by molar-refractivity contribution is 7.89. The Morgan fingerprint density at radius 2 is 1.44 bits per heavy atom. The van der Waals surface area contributed by atoms with Gasteiger partial charge in [0.05, 0.1) is 4.90 Å². The predicted octanol–water partition coefficient (Wildman–Crippen LogP) is 6.09. The SMILES string of the molecule is O=C(O)[C@@]1(NS(=O)(=O)c2ccc(-c3ccc(Cl)cc3)cc2)C[C@H]1c1ccccc1Oc1ccccc1. The van der Waals surface area contributed by atoms with Gasteiger partial charge in [0.1, 0.15) is 17.0 Å². The summed E-state index contributed by atoms with van der Waals surface area (Å²) in [6.07, 6.45) is 0.111. The van der Waals surface area contributed by atoms with Crippen LogP contribution in [0, 0.1) is 0 Å². The van der Waals surface area contributed by atoms with Crippen LogP contribution in [0.5, 0.6) is 11.5 Å². The van der Waals surface area contributed by atoms with Crippen molar-refractivity contribution in [2.45, 2.75) is 22.8 Å². The van der Waals surface area contributed by atoms with Crippen LogP contribution in [0.15, 0.2) is 108 Å². The molecule has 1 aliphatic rings. The Hall–Kier alpha value is -3.65. The Bertz CT molecular complexity index is 1510. The monoisotopic (exact) mass is 519 g/mol. The number of carbonyl (C=O) groups is 1. The number of para-hydroxylation sites is 2. The van der Waals surface area contributed by atoms with Gasteiger partial charge in [-0.05, 0) is 60.0 Å². The van der Waals surface area contributed by atoms with Crippen LogP contribution in [0.3, 0.4) is 0 Å². The highest BCUT2D eigenvalue weighted by Crippen LogP contribution is 2.55. The summed E-state index contributed by atoms with van der Waals surface area (Å²) in [7, 11) is -4.11. The molecule has 0 heterocycles. The molecule has 1 aliphatic carbocycles. The van der Waals surface area contributed by atoms with Crippen molar-refractivity contribution in [1.82, 2.24) is 4.72 Å². The predicted molar refractivity (Wildman–Crippen MR) is 138 cm³/mol. The minimum Gasteiger partial charge on any atom is -0.480 e. The second kappa shape index (κ2) is 9.43. The molecule has 5 rings (SSSR count). The summed E-state index contributed by atoms with van der Waals surface area (Å²) in [5.41, 5.74) is 0.666. The van der Waals surface area contributed by atoms with Crippen molar-refractivity contribution in [3.8, 4) is 22.6 Å². The Balaban J connectivity index is 1.39. The first-order valence-corrected chi connectivity index (χ1v) is 13.1. The Morgan fingerprint density at radius 3 is 2.08 bits per heavy atom. The summed E-state index contributed by atoms with van der Waals surface area (Å²) < 4.78 is 34.9. The molecule has 0 spiro atoms. The molecule has 8 heteroatoms. The molecular formula is C28H22ClNO5S. The third-order valence-corrected chi connectivity index (χ3v) is 8.04. The number of ether oxygens (including phenoxy) is 1. The Morgan fingerprint density at radius 1 is 0.861 bits per heavy atom. The van der Waals surface area contributed by atoms with E-state index < -0.39 is 27.4 Å². The summed E-state index contributed by atoms with van der Waals surface area (Å²) in [5.74, 6) is -0.724. The topological polar surface area (TPSA) is 92.7 Å². The summed E-state index contributed by atoms with van der Waals surface area (Å²) in [6, 6.07) is 29.7. The number of carboxylic acids is 1. The molecule has 0 amide bonds. The first-order chi connectivity index (χ1) is 17.3. The molecular weight excluding hydrogens is 498 g/mol. The summed E-state index contributed by atoms with van der Waals surface area (Å²) >= 11 is 5.94. The van der Waals surface area contributed by atoms with Gasteiger partial charge in [-0.3, -0.25) is 4.79 Å². The molecule has 36 heavy (non-hydrogen) atoms. The van der Waals surface area contributed by atoms with E-state index in [1.807, 2.05) is 30.3 Å². The number of hydrogen-bond donors (Lipinski definition) is 2. The number of rotatable bonds is 8. The van der Waals surface area contributed by atoms with Gasteiger partial charge in [0.25, 0.3) is 0 Å². The van der Waals surface area contributed by atoms with Crippen LogP contribution >= 0.6 is 11.6 Å². The largest absolute Gasteiger partial charge is 0.480 e. The van der Waals surface area contributed by atoms with Gasteiger partial charge in [-0.15, -0.1) is 0 Å². The number of halogens is 1. The van der Waals surface area contributed by atoms with Crippen LogP contribution in [-0.4, -0.2) is 25.0 Å². The fraction of sp³-hybridized carbons (Fsp3) is 0.107. The highest BCUT2D eigenvalue weighted by atomic mass is 35.5. The van der Waals surface area contributed by atoms with E-state index >= 15 is 0 Å². The van der Waals surface area contributed by atoms with Crippen LogP contribution in [0.4, 0.5) is 0 Å². The smallest absolute Gasteiger partial charge is 0.325 e. The molecule has 0 saturated heterocycles. The van der Waals surface area contributed by atoms with Crippen molar-refractivity contribution in [3.05, 3.63) is 114 Å². The maximum absolute atomic E-state index is 13.2. The van der Waals surface area contributed by atoms with E-state index in [-0.39, 0.29) is 11.3 Å². The second-order valence-electron chi connectivity index (χ2n) is 8.62. The maximum atomic E-state index is 13.2. The number of nitrogens with one attached hydrogen (secondary N) is 1. The number of sulfonamides is 1. The quantitative estimate of drug-likeness (QED) is 0.294. The molecule has 182 valence electrons. The number of benzene rings is 4. The zero-order valence-electron chi connectivity index (χ0n) is 19.0. The molecule has 4 aromatic carbocycles. The van der Waals surface area contributed by atoms with Gasteiger partial charge in [-0.2, -0.15) is 4.72 Å². The van der Waals surface area contributed by atoms with Crippen molar-refractivity contribution in [2.24, 2.45) is 0 Å². The molecule has 0 unspecified atom stereocenters. The Kier molecular flexibility index (Phi) is 6.30. The lowest BCUT2D eigenvalue weighted by Gasteiger charge is -2.17. The number of aliphatic carboxylic acids is 1. The summed E-state index contributed by atoms with van der Waals surface area (Å²) in [5, 5.41) is 10.7. The van der Waals surface area contributed by atoms with Crippen LogP contribution in [-0.2, 0) is 14.8 Å². The van der Waals surface area contributed by atoms with Gasteiger partial charge in [0, 0.05) is 16.5 Å². The van der Waals surface area contributed by atoms with Crippen molar-refractivity contribution in [3.63, 3.8) is 0 Å². The lowest BCUT2D eigenvalue weighted by molar-refractivity contribution is -0.140. The second-order valence-corrected chi connectivity index (χ2v) is 10.7. The molecule has 2 atom stereocenters. The van der Waals surface area contributed by atoms with E-state index in [2.05, 4.69) is 4.72 Å². The molecule has 4 aromatic rings. The summed E-state index contributed by atoms with van der Waals surface area (Å²) in [4.78, 5) is 12.3. The average molecular weight is 520 g/mol. The highest BCUT2D eigenvalue weighted by Gasteiger charge is 2.64. The van der Waals surface area contributed by atoms with Gasteiger partial charge in [0.2, 0.25) is 10.0 Å². The first-order valence-electron chi connectivity index (χ1n) is 11.2. The van der Waals surface area contributed by atoms with E-state index in [9.17, 15) is 18.3 Å². The Labute approximate surface area is 214 Å². The van der Waals surface area contributed by atoms with E-state index in [1.165, 1.54) is 12.1 Å². The zero-order valence-corrected chi connectivity index (χ0v) is 20.5. The summed E-state index contributed by atoms with van der Waals surface area (Å²) in [6.45, 7) is 0. The van der Waals surface area contributed by atoms with E-state index in [0.29, 0.717) is 22.1 Å². The lowest BCUT2D eigenvalue weighted by Crippen LogP contribution is -2.44. The van der Waals surface area contributed by atoms with Crippen molar-refractivity contribution >= 4 is 27.6 Å². The van der Waals surface area contributed by atoms with E-state index in [4.69, 9.17) is 16.3 Å². The van der Waals surface area contributed by atoms with Crippen molar-refractivity contribution in [2.75, 3.05) is 0 Å². The first kappa shape index (κ1) is 24.1. The fourth-order valence-electron chi connectivity index (χ4n) is 4.28. The van der Waals surface area contributed by atoms with Crippen LogP contribution in [0.2, 0.25) is 5.02 Å². The minimum absolute atomic E-state index is 0.0136. The molecule has 1 saturated carbocycles. The molecule has 0 aliphatic heterocycles. The van der Waals surface area contributed by atoms with E-state index in [1.54, 1.807) is 60.7 Å². The van der Waals surface area contributed by atoms with Gasteiger partial charge in [-0.25, -0.2) is 8.42 Å². The lowest BCUT2D eigenvalue weighted by atomic mass is 10.1. The minimum atomic E-state index is -4.11. The average Bonchev–Trinajstić information content (AvgIpc) is 3.60. The van der Waals surface area contributed by atoms with Crippen LogP contribution < -0.4 is 9.46 Å². The maximum Gasteiger partial charge on any atom is 0.325 e. The number of carboxylic acid groups (broad SMARTS) is 1. The molecule has 0 aromatic heterocycles. The van der Waals surface area contributed by atoms with Crippen LogP contribution in [0.1, 0.15) is 17.9 Å². The van der Waals surface area contributed by atoms with Gasteiger partial charge in [0.15, 0.2) is 0 Å². The van der Waals surface area contributed by atoms with Gasteiger partial charge >= 0.3 is 5.97 Å². The van der Waals surface area contributed by atoms with Crippen molar-refractivity contribution < 1.29 is 23.1 Å².